The lowest BCUT2D eigenvalue weighted by Crippen LogP contribution is -2.41. The Hall–Kier alpha value is -4.29. The summed E-state index contributed by atoms with van der Waals surface area (Å²) in [5, 5.41) is 0.382. The summed E-state index contributed by atoms with van der Waals surface area (Å²) in [6.45, 7) is 3.33. The number of nitrogens with zero attached hydrogens (tertiary/aromatic N) is 4. The summed E-state index contributed by atoms with van der Waals surface area (Å²) in [7, 11) is 3.78. The third kappa shape index (κ3) is 8.06. The number of rotatable bonds is 13. The molecule has 0 fully saturated rings. The highest BCUT2D eigenvalue weighted by molar-refractivity contribution is 5.80. The molecule has 0 radical (unpaired) electrons. The summed E-state index contributed by atoms with van der Waals surface area (Å²) in [5.41, 5.74) is 5.36. The SMILES string of the molecule is CCOc1ccc(-n2c(C(CCN)N(CCCN(C)C)C(=O)Cc3ccc(C(F)(F)F)c(F)c3)nc3ccccc3c2=O)cc1. The second-order valence-corrected chi connectivity index (χ2v) is 10.9. The molecule has 12 heteroatoms. The Morgan fingerprint density at radius 2 is 1.76 bits per heavy atom. The fraction of sp³-hybridized carbons (Fsp3) is 0.364. The summed E-state index contributed by atoms with van der Waals surface area (Å²) < 4.78 is 60.9. The molecule has 45 heavy (non-hydrogen) atoms. The highest BCUT2D eigenvalue weighted by Gasteiger charge is 2.34. The zero-order valence-corrected chi connectivity index (χ0v) is 25.5. The first-order valence-corrected chi connectivity index (χ1v) is 14.7. The van der Waals surface area contributed by atoms with Gasteiger partial charge in [-0.2, -0.15) is 13.2 Å². The number of carbonyl (C=O) groups excluding carboxylic acids is 1. The summed E-state index contributed by atoms with van der Waals surface area (Å²) >= 11 is 0. The molecule has 0 spiro atoms. The standard InChI is InChI=1S/C33H37F4N5O3/c1-4-45-24-13-11-23(12-14-24)42-31(39-28-9-6-5-8-25(28)32(42)44)29(16-17-38)41(19-7-18-40(2)3)30(43)21-22-10-15-26(27(34)20-22)33(35,36)37/h5-6,8-15,20,29H,4,7,16-19,21,38H2,1-3H3. The zero-order chi connectivity index (χ0) is 32.7. The van der Waals surface area contributed by atoms with Crippen LogP contribution in [0.3, 0.4) is 0 Å². The topological polar surface area (TPSA) is 93.7 Å². The van der Waals surface area contributed by atoms with E-state index in [1.165, 1.54) is 4.57 Å². The van der Waals surface area contributed by atoms with Crippen molar-refractivity contribution in [2.24, 2.45) is 5.73 Å². The monoisotopic (exact) mass is 627 g/mol. The quantitative estimate of drug-likeness (QED) is 0.201. The number of ether oxygens (including phenoxy) is 1. The molecular weight excluding hydrogens is 590 g/mol. The number of nitrogens with two attached hydrogens (primary N) is 1. The average Bonchev–Trinajstić information content (AvgIpc) is 2.98. The lowest BCUT2D eigenvalue weighted by Gasteiger charge is -2.33. The van der Waals surface area contributed by atoms with Crippen molar-refractivity contribution < 1.29 is 27.1 Å². The number of hydrogen-bond acceptors (Lipinski definition) is 6. The molecule has 0 aliphatic rings. The Morgan fingerprint density at radius 3 is 2.38 bits per heavy atom. The minimum absolute atomic E-state index is 0.0879. The van der Waals surface area contributed by atoms with E-state index in [9.17, 15) is 27.2 Å². The molecule has 8 nitrogen and oxygen atoms in total. The molecule has 0 aliphatic carbocycles. The molecule has 4 rings (SSSR count). The predicted molar refractivity (Wildman–Crippen MR) is 165 cm³/mol. The summed E-state index contributed by atoms with van der Waals surface area (Å²) in [6, 6.07) is 15.5. The van der Waals surface area contributed by atoms with Gasteiger partial charge in [0.15, 0.2) is 0 Å². The maximum absolute atomic E-state index is 14.4. The smallest absolute Gasteiger partial charge is 0.419 e. The number of benzene rings is 3. The van der Waals surface area contributed by atoms with Gasteiger partial charge >= 0.3 is 6.18 Å². The lowest BCUT2D eigenvalue weighted by molar-refractivity contribution is -0.140. The molecule has 0 aliphatic heterocycles. The maximum atomic E-state index is 14.4. The van der Waals surface area contributed by atoms with Crippen LogP contribution in [0, 0.1) is 5.82 Å². The third-order valence-electron chi connectivity index (χ3n) is 7.34. The Morgan fingerprint density at radius 1 is 1.04 bits per heavy atom. The minimum Gasteiger partial charge on any atom is -0.494 e. The van der Waals surface area contributed by atoms with Crippen LogP contribution in [0.15, 0.2) is 71.5 Å². The van der Waals surface area contributed by atoms with Crippen molar-refractivity contribution in [1.29, 1.82) is 0 Å². The molecule has 1 amide bonds. The predicted octanol–water partition coefficient (Wildman–Crippen LogP) is 5.36. The van der Waals surface area contributed by atoms with Gasteiger partial charge in [-0.3, -0.25) is 14.2 Å². The van der Waals surface area contributed by atoms with Gasteiger partial charge in [-0.25, -0.2) is 9.37 Å². The van der Waals surface area contributed by atoms with Crippen molar-refractivity contribution in [3.63, 3.8) is 0 Å². The van der Waals surface area contributed by atoms with Crippen molar-refractivity contribution in [3.8, 4) is 11.4 Å². The molecule has 4 aromatic rings. The second-order valence-electron chi connectivity index (χ2n) is 10.9. The first-order valence-electron chi connectivity index (χ1n) is 14.7. The van der Waals surface area contributed by atoms with Gasteiger partial charge < -0.3 is 20.3 Å². The molecule has 1 aromatic heterocycles. The summed E-state index contributed by atoms with van der Waals surface area (Å²) in [6.07, 6.45) is -4.44. The van der Waals surface area contributed by atoms with Crippen molar-refractivity contribution in [1.82, 2.24) is 19.4 Å². The number of aromatic nitrogens is 2. The van der Waals surface area contributed by atoms with E-state index in [0.29, 0.717) is 48.0 Å². The van der Waals surface area contributed by atoms with E-state index in [1.54, 1.807) is 53.4 Å². The summed E-state index contributed by atoms with van der Waals surface area (Å²) in [5.74, 6) is -1.02. The van der Waals surface area contributed by atoms with Gasteiger partial charge in [0.05, 0.1) is 41.2 Å². The van der Waals surface area contributed by atoms with Crippen molar-refractivity contribution >= 4 is 16.8 Å². The Balaban J connectivity index is 1.84. The minimum atomic E-state index is -4.86. The van der Waals surface area contributed by atoms with Crippen LogP contribution in [-0.4, -0.2) is 65.6 Å². The number of fused-ring (bicyclic) bond motifs is 1. The van der Waals surface area contributed by atoms with Gasteiger partial charge in [0, 0.05) is 6.54 Å². The molecule has 0 saturated heterocycles. The fourth-order valence-electron chi connectivity index (χ4n) is 5.25. The average molecular weight is 628 g/mol. The van der Waals surface area contributed by atoms with E-state index in [2.05, 4.69) is 0 Å². The molecule has 2 N–H and O–H groups in total. The van der Waals surface area contributed by atoms with Crippen LogP contribution in [0.1, 0.15) is 42.8 Å². The first kappa shape index (κ1) is 33.6. The maximum Gasteiger partial charge on any atom is 0.419 e. The highest BCUT2D eigenvalue weighted by atomic mass is 19.4. The number of amides is 1. The number of alkyl halides is 3. The second kappa shape index (κ2) is 14.7. The molecular formula is C33H37F4N5O3. The van der Waals surface area contributed by atoms with Crippen LogP contribution in [0.25, 0.3) is 16.6 Å². The fourth-order valence-corrected chi connectivity index (χ4v) is 5.25. The van der Waals surface area contributed by atoms with Gasteiger partial charge in [-0.1, -0.05) is 18.2 Å². The van der Waals surface area contributed by atoms with Crippen LogP contribution in [0.2, 0.25) is 0 Å². The van der Waals surface area contributed by atoms with Crippen LogP contribution in [0.4, 0.5) is 17.6 Å². The largest absolute Gasteiger partial charge is 0.494 e. The van der Waals surface area contributed by atoms with Crippen molar-refractivity contribution in [3.05, 3.63) is 99.9 Å². The molecule has 1 atom stereocenters. The highest BCUT2D eigenvalue weighted by Crippen LogP contribution is 2.32. The molecule has 240 valence electrons. The first-order chi connectivity index (χ1) is 21.4. The Labute approximate surface area is 259 Å². The van der Waals surface area contributed by atoms with E-state index >= 15 is 0 Å². The van der Waals surface area contributed by atoms with Gasteiger partial charge in [0.1, 0.15) is 17.4 Å². The van der Waals surface area contributed by atoms with Gasteiger partial charge in [0.25, 0.3) is 5.56 Å². The molecule has 1 unspecified atom stereocenters. The van der Waals surface area contributed by atoms with E-state index in [-0.39, 0.29) is 42.9 Å². The Kier molecular flexibility index (Phi) is 10.9. The molecule has 0 bridgehead atoms. The number of hydrogen-bond donors (Lipinski definition) is 1. The number of halogens is 4. The van der Waals surface area contributed by atoms with Gasteiger partial charge in [-0.15, -0.1) is 0 Å². The van der Waals surface area contributed by atoms with Gasteiger partial charge in [-0.05, 0) is 101 Å². The lowest BCUT2D eigenvalue weighted by atomic mass is 10.0. The van der Waals surface area contributed by atoms with Crippen LogP contribution < -0.4 is 16.0 Å². The van der Waals surface area contributed by atoms with Gasteiger partial charge in [0.2, 0.25) is 5.91 Å². The van der Waals surface area contributed by atoms with Crippen molar-refractivity contribution in [2.75, 3.05) is 40.3 Å². The van der Waals surface area contributed by atoms with Crippen molar-refractivity contribution in [2.45, 2.75) is 38.4 Å². The van der Waals surface area contributed by atoms with Crippen LogP contribution >= 0.6 is 0 Å². The Bertz CT molecular complexity index is 1670. The molecule has 1 heterocycles. The van der Waals surface area contributed by atoms with E-state index in [0.717, 1.165) is 12.1 Å². The van der Waals surface area contributed by atoms with Crippen LogP contribution in [0.5, 0.6) is 5.75 Å². The molecule has 0 saturated carbocycles. The summed E-state index contributed by atoms with van der Waals surface area (Å²) in [4.78, 5) is 36.4. The van der Waals surface area contributed by atoms with E-state index in [1.807, 2.05) is 25.9 Å². The number of para-hydroxylation sites is 1. The van der Waals surface area contributed by atoms with Crippen LogP contribution in [-0.2, 0) is 17.4 Å². The zero-order valence-electron chi connectivity index (χ0n) is 25.5. The van der Waals surface area contributed by atoms with E-state index in [4.69, 9.17) is 15.5 Å². The van der Waals surface area contributed by atoms with E-state index < -0.39 is 29.5 Å². The third-order valence-corrected chi connectivity index (χ3v) is 7.34. The number of carbonyl (C=O) groups is 1. The molecule has 3 aromatic carbocycles. The normalized spacial score (nSPS) is 12.5.